The van der Waals surface area contributed by atoms with E-state index in [9.17, 15) is 4.79 Å². The van der Waals surface area contributed by atoms with Gasteiger partial charge in [-0.1, -0.05) is 24.3 Å². The lowest BCUT2D eigenvalue weighted by atomic mass is 10.0. The maximum Gasteiger partial charge on any atom is 0.235 e. The smallest absolute Gasteiger partial charge is 0.235 e. The van der Waals surface area contributed by atoms with Crippen molar-refractivity contribution in [2.45, 2.75) is 18.8 Å². The lowest BCUT2D eigenvalue weighted by molar-refractivity contribution is -0.113. The van der Waals surface area contributed by atoms with Crippen molar-refractivity contribution in [1.82, 2.24) is 9.78 Å². The van der Waals surface area contributed by atoms with Crippen molar-refractivity contribution in [3.05, 3.63) is 70.9 Å². The second-order valence-electron chi connectivity index (χ2n) is 6.84. The summed E-state index contributed by atoms with van der Waals surface area (Å²) in [6.07, 6.45) is 0. The lowest BCUT2D eigenvalue weighted by Gasteiger charge is -2.18. The third kappa shape index (κ3) is 3.75. The normalized spacial score (nSPS) is 16.1. The Morgan fingerprint density at radius 1 is 1.21 bits per heavy atom. The summed E-state index contributed by atoms with van der Waals surface area (Å²) in [5.74, 6) is 1.87. The number of nitrogens with zero attached hydrogens (tertiary/aromatic N) is 2. The highest BCUT2D eigenvalue weighted by atomic mass is 32.2. The molecule has 4 rings (SSSR count). The van der Waals surface area contributed by atoms with Crippen LogP contribution in [0.1, 0.15) is 27.6 Å². The molecule has 6 nitrogen and oxygen atoms in total. The fraction of sp³-hybridized carbons (Fsp3) is 0.273. The second kappa shape index (κ2) is 8.31. The van der Waals surface area contributed by atoms with E-state index in [4.69, 9.17) is 14.6 Å². The summed E-state index contributed by atoms with van der Waals surface area (Å²) in [6.45, 7) is 2.45. The Bertz CT molecular complexity index is 1030. The highest BCUT2D eigenvalue weighted by Gasteiger charge is 2.31. The van der Waals surface area contributed by atoms with E-state index in [-0.39, 0.29) is 11.2 Å². The molecule has 0 bridgehead atoms. The van der Waals surface area contributed by atoms with Gasteiger partial charge in [-0.15, -0.1) is 11.8 Å². The molecular weight excluding hydrogens is 386 g/mol. The fourth-order valence-corrected chi connectivity index (χ4v) is 4.81. The molecule has 2 heterocycles. The first-order valence-corrected chi connectivity index (χ1v) is 10.4. The molecular formula is C22H23N3O3S. The number of carbonyl (C=O) groups is 1. The van der Waals surface area contributed by atoms with Gasteiger partial charge in [0.2, 0.25) is 5.91 Å². The van der Waals surface area contributed by atoms with E-state index >= 15 is 0 Å². The molecule has 1 aliphatic rings. The summed E-state index contributed by atoms with van der Waals surface area (Å²) in [5.41, 5.74) is 4.91. The molecule has 0 saturated heterocycles. The summed E-state index contributed by atoms with van der Waals surface area (Å²) < 4.78 is 12.6. The molecule has 29 heavy (non-hydrogen) atoms. The van der Waals surface area contributed by atoms with Gasteiger partial charge in [-0.3, -0.25) is 4.79 Å². The number of anilines is 1. The summed E-state index contributed by atoms with van der Waals surface area (Å²) in [4.78, 5) is 12.5. The number of methoxy groups -OCH3 is 2. The molecule has 1 amide bonds. The number of para-hydroxylation sites is 1. The van der Waals surface area contributed by atoms with Crippen molar-refractivity contribution in [2.24, 2.45) is 0 Å². The van der Waals surface area contributed by atoms with E-state index in [1.165, 1.54) is 0 Å². The Balaban J connectivity index is 1.85. The minimum atomic E-state index is -0.0264. The Morgan fingerprint density at radius 3 is 2.72 bits per heavy atom. The molecule has 0 unspecified atom stereocenters. The second-order valence-corrected chi connectivity index (χ2v) is 7.93. The Morgan fingerprint density at radius 2 is 2.00 bits per heavy atom. The molecule has 2 aromatic carbocycles. The SMILES string of the molecule is COCc1cc([C@@H]2SCC(=O)Nc3c2c(C)nn3-c2ccccc2)ccc1OC. The van der Waals surface area contributed by atoms with Crippen LogP contribution < -0.4 is 10.1 Å². The summed E-state index contributed by atoms with van der Waals surface area (Å²) in [7, 11) is 3.32. The maximum atomic E-state index is 12.5. The molecule has 0 aliphatic carbocycles. The topological polar surface area (TPSA) is 65.4 Å². The highest BCUT2D eigenvalue weighted by Crippen LogP contribution is 2.44. The molecule has 150 valence electrons. The summed E-state index contributed by atoms with van der Waals surface area (Å²) >= 11 is 1.60. The van der Waals surface area contributed by atoms with Crippen LogP contribution in [-0.2, 0) is 16.1 Å². The van der Waals surface area contributed by atoms with Gasteiger partial charge >= 0.3 is 0 Å². The van der Waals surface area contributed by atoms with Crippen molar-refractivity contribution >= 4 is 23.5 Å². The van der Waals surface area contributed by atoms with Gasteiger partial charge in [0.15, 0.2) is 0 Å². The monoisotopic (exact) mass is 409 g/mol. The number of hydrogen-bond acceptors (Lipinski definition) is 5. The number of aromatic nitrogens is 2. The van der Waals surface area contributed by atoms with E-state index < -0.39 is 0 Å². The van der Waals surface area contributed by atoms with Crippen LogP contribution in [-0.4, -0.2) is 35.7 Å². The molecule has 1 aliphatic heterocycles. The van der Waals surface area contributed by atoms with Crippen molar-refractivity contribution in [2.75, 3.05) is 25.3 Å². The van der Waals surface area contributed by atoms with Gasteiger partial charge in [0.1, 0.15) is 11.6 Å². The Hall–Kier alpha value is -2.77. The van der Waals surface area contributed by atoms with E-state index in [1.54, 1.807) is 26.0 Å². The van der Waals surface area contributed by atoms with Gasteiger partial charge in [-0.25, -0.2) is 4.68 Å². The van der Waals surface area contributed by atoms with Crippen molar-refractivity contribution in [3.8, 4) is 11.4 Å². The zero-order valence-electron chi connectivity index (χ0n) is 16.6. The average Bonchev–Trinajstić information content (AvgIpc) is 2.94. The highest BCUT2D eigenvalue weighted by molar-refractivity contribution is 8.00. The summed E-state index contributed by atoms with van der Waals surface area (Å²) in [5, 5.41) is 7.78. The number of aryl methyl sites for hydroxylation is 1. The van der Waals surface area contributed by atoms with E-state index in [2.05, 4.69) is 17.4 Å². The zero-order valence-corrected chi connectivity index (χ0v) is 17.5. The van der Waals surface area contributed by atoms with Gasteiger partial charge in [-0.2, -0.15) is 5.10 Å². The standard InChI is InChI=1S/C22H23N3O3S/c1-14-20-21(15-9-10-18(28-3)16(11-15)12-27-2)29-13-19(26)23-22(20)25(24-14)17-7-5-4-6-8-17/h4-11,21H,12-13H2,1-3H3,(H,23,26)/t21-/m0/s1. The minimum absolute atomic E-state index is 0.0251. The number of benzene rings is 2. The van der Waals surface area contributed by atoms with E-state index in [1.807, 2.05) is 48.0 Å². The van der Waals surface area contributed by atoms with Crippen LogP contribution in [0.5, 0.6) is 5.75 Å². The maximum absolute atomic E-state index is 12.5. The molecule has 7 heteroatoms. The minimum Gasteiger partial charge on any atom is -0.496 e. The van der Waals surface area contributed by atoms with Crippen molar-refractivity contribution < 1.29 is 14.3 Å². The lowest BCUT2D eigenvalue weighted by Crippen LogP contribution is -2.15. The fourth-order valence-electron chi connectivity index (χ4n) is 3.63. The van der Waals surface area contributed by atoms with Crippen LogP contribution >= 0.6 is 11.8 Å². The Labute approximate surface area is 174 Å². The molecule has 0 fully saturated rings. The molecule has 0 saturated carbocycles. The molecule has 1 aromatic heterocycles. The van der Waals surface area contributed by atoms with Crippen molar-refractivity contribution in [3.63, 3.8) is 0 Å². The summed E-state index contributed by atoms with van der Waals surface area (Å²) in [6, 6.07) is 16.0. The van der Waals surface area contributed by atoms with Gasteiger partial charge in [-0.05, 0) is 36.8 Å². The average molecular weight is 410 g/mol. The van der Waals surface area contributed by atoms with Crippen LogP contribution in [0, 0.1) is 6.92 Å². The first-order valence-electron chi connectivity index (χ1n) is 9.34. The number of carbonyl (C=O) groups excluding carboxylic acids is 1. The van der Waals surface area contributed by atoms with Crippen LogP contribution in [0.15, 0.2) is 48.5 Å². The number of thioether (sulfide) groups is 1. The predicted molar refractivity (Wildman–Crippen MR) is 115 cm³/mol. The zero-order chi connectivity index (χ0) is 20.4. The van der Waals surface area contributed by atoms with E-state index in [0.29, 0.717) is 12.4 Å². The van der Waals surface area contributed by atoms with Crippen molar-refractivity contribution in [1.29, 1.82) is 0 Å². The van der Waals surface area contributed by atoms with E-state index in [0.717, 1.165) is 39.6 Å². The molecule has 0 radical (unpaired) electrons. The number of hydrogen-bond donors (Lipinski definition) is 1. The molecule has 3 aromatic rings. The Kier molecular flexibility index (Phi) is 5.60. The van der Waals surface area contributed by atoms with Gasteiger partial charge in [0, 0.05) is 18.2 Å². The largest absolute Gasteiger partial charge is 0.496 e. The predicted octanol–water partition coefficient (Wildman–Crippen LogP) is 4.11. The van der Waals surface area contributed by atoms with Crippen LogP contribution in [0.25, 0.3) is 5.69 Å². The third-order valence-electron chi connectivity index (χ3n) is 4.92. The van der Waals surface area contributed by atoms with Gasteiger partial charge in [0.05, 0.1) is 36.1 Å². The van der Waals surface area contributed by atoms with Gasteiger partial charge < -0.3 is 14.8 Å². The van der Waals surface area contributed by atoms with Crippen LogP contribution in [0.2, 0.25) is 0 Å². The van der Waals surface area contributed by atoms with Gasteiger partial charge in [0.25, 0.3) is 0 Å². The quantitative estimate of drug-likeness (QED) is 0.687. The molecule has 1 N–H and O–H groups in total. The molecule has 0 spiro atoms. The molecule has 1 atom stereocenters. The van der Waals surface area contributed by atoms with Crippen LogP contribution in [0.3, 0.4) is 0 Å². The first kappa shape index (κ1) is 19.5. The third-order valence-corrected chi connectivity index (χ3v) is 6.19. The number of fused-ring (bicyclic) bond motifs is 1. The number of amides is 1. The number of ether oxygens (including phenoxy) is 2. The van der Waals surface area contributed by atoms with Crippen LogP contribution in [0.4, 0.5) is 5.82 Å². The first-order chi connectivity index (χ1) is 14.1. The number of rotatable bonds is 5. The number of nitrogens with one attached hydrogen (secondary N) is 1.